The predicted octanol–water partition coefficient (Wildman–Crippen LogP) is 2.76. The smallest absolute Gasteiger partial charge is 0.237 e. The summed E-state index contributed by atoms with van der Waals surface area (Å²) in [5.74, 6) is 0.0381. The molecule has 0 heterocycles. The number of halogens is 1. The molecule has 0 spiro atoms. The second kappa shape index (κ2) is 6.90. The molecule has 1 amide bonds. The van der Waals surface area contributed by atoms with Crippen molar-refractivity contribution in [1.82, 2.24) is 10.6 Å². The highest BCUT2D eigenvalue weighted by Crippen LogP contribution is 2.17. The van der Waals surface area contributed by atoms with Gasteiger partial charge in [0.25, 0.3) is 0 Å². The first-order valence-corrected chi connectivity index (χ1v) is 6.98. The quantitative estimate of drug-likeness (QED) is 0.877. The SMILES string of the molecule is Cc1ccc(CNC(C)C(=O)NC(C)C)cc1Br. The fourth-order valence-electron chi connectivity index (χ4n) is 1.52. The van der Waals surface area contributed by atoms with E-state index in [9.17, 15) is 4.79 Å². The van der Waals surface area contributed by atoms with Crippen LogP contribution < -0.4 is 10.6 Å². The van der Waals surface area contributed by atoms with Gasteiger partial charge in [-0.2, -0.15) is 0 Å². The number of rotatable bonds is 5. The Morgan fingerprint density at radius 1 is 1.33 bits per heavy atom. The van der Waals surface area contributed by atoms with E-state index in [1.165, 1.54) is 5.56 Å². The summed E-state index contributed by atoms with van der Waals surface area (Å²) in [5, 5.41) is 6.11. The summed E-state index contributed by atoms with van der Waals surface area (Å²) < 4.78 is 1.10. The van der Waals surface area contributed by atoms with Gasteiger partial charge in [0, 0.05) is 17.1 Å². The van der Waals surface area contributed by atoms with Crippen molar-refractivity contribution in [1.29, 1.82) is 0 Å². The number of hydrogen-bond acceptors (Lipinski definition) is 2. The van der Waals surface area contributed by atoms with Crippen molar-refractivity contribution >= 4 is 21.8 Å². The van der Waals surface area contributed by atoms with Gasteiger partial charge in [-0.05, 0) is 44.9 Å². The van der Waals surface area contributed by atoms with Crippen LogP contribution in [0.5, 0.6) is 0 Å². The monoisotopic (exact) mass is 312 g/mol. The Balaban J connectivity index is 2.49. The number of aryl methyl sites for hydroxylation is 1. The number of amides is 1. The normalized spacial score (nSPS) is 12.6. The molecule has 0 aliphatic carbocycles. The van der Waals surface area contributed by atoms with Crippen molar-refractivity contribution < 1.29 is 4.79 Å². The molecule has 1 aromatic rings. The van der Waals surface area contributed by atoms with Crippen LogP contribution in [0.4, 0.5) is 0 Å². The Morgan fingerprint density at radius 3 is 2.56 bits per heavy atom. The molecular formula is C14H21BrN2O. The Bertz CT molecular complexity index is 418. The average Bonchev–Trinajstić information content (AvgIpc) is 2.29. The van der Waals surface area contributed by atoms with E-state index >= 15 is 0 Å². The summed E-state index contributed by atoms with van der Waals surface area (Å²) in [7, 11) is 0. The van der Waals surface area contributed by atoms with E-state index in [4.69, 9.17) is 0 Å². The van der Waals surface area contributed by atoms with Gasteiger partial charge in [-0.25, -0.2) is 0 Å². The lowest BCUT2D eigenvalue weighted by atomic mass is 10.1. The molecule has 2 N–H and O–H groups in total. The maximum absolute atomic E-state index is 11.7. The minimum Gasteiger partial charge on any atom is -0.353 e. The zero-order valence-corrected chi connectivity index (χ0v) is 13.0. The number of carbonyl (C=O) groups excluding carboxylic acids is 1. The van der Waals surface area contributed by atoms with E-state index in [0.29, 0.717) is 6.54 Å². The fraction of sp³-hybridized carbons (Fsp3) is 0.500. The highest BCUT2D eigenvalue weighted by atomic mass is 79.9. The van der Waals surface area contributed by atoms with Crippen LogP contribution in [0.1, 0.15) is 31.9 Å². The third-order valence-corrected chi connectivity index (χ3v) is 3.53. The minimum atomic E-state index is -0.188. The number of nitrogens with one attached hydrogen (secondary N) is 2. The average molecular weight is 313 g/mol. The molecule has 1 unspecified atom stereocenters. The Labute approximate surface area is 117 Å². The van der Waals surface area contributed by atoms with Crippen molar-refractivity contribution in [2.45, 2.75) is 46.3 Å². The molecule has 0 radical (unpaired) electrons. The number of hydrogen-bond donors (Lipinski definition) is 2. The van der Waals surface area contributed by atoms with E-state index in [-0.39, 0.29) is 18.0 Å². The van der Waals surface area contributed by atoms with E-state index in [2.05, 4.69) is 51.7 Å². The van der Waals surface area contributed by atoms with E-state index in [1.54, 1.807) is 0 Å². The summed E-state index contributed by atoms with van der Waals surface area (Å²) in [6, 6.07) is 6.21. The second-order valence-electron chi connectivity index (χ2n) is 4.85. The molecule has 0 aliphatic rings. The standard InChI is InChI=1S/C14H21BrN2O/c1-9(2)17-14(18)11(4)16-8-12-6-5-10(3)13(15)7-12/h5-7,9,11,16H,8H2,1-4H3,(H,17,18). The van der Waals surface area contributed by atoms with Crippen LogP contribution >= 0.6 is 15.9 Å². The largest absolute Gasteiger partial charge is 0.353 e. The molecule has 0 saturated heterocycles. The summed E-state index contributed by atoms with van der Waals surface area (Å²) in [4.78, 5) is 11.7. The minimum absolute atomic E-state index is 0.0381. The predicted molar refractivity (Wildman–Crippen MR) is 78.5 cm³/mol. The molecule has 4 heteroatoms. The summed E-state index contributed by atoms with van der Waals surface area (Å²) in [6.45, 7) is 8.54. The molecule has 0 fully saturated rings. The van der Waals surface area contributed by atoms with Gasteiger partial charge in [-0.1, -0.05) is 28.1 Å². The summed E-state index contributed by atoms with van der Waals surface area (Å²) in [6.07, 6.45) is 0. The highest BCUT2D eigenvalue weighted by molar-refractivity contribution is 9.10. The molecule has 3 nitrogen and oxygen atoms in total. The summed E-state index contributed by atoms with van der Waals surface area (Å²) in [5.41, 5.74) is 2.38. The number of benzene rings is 1. The van der Waals surface area contributed by atoms with E-state index in [1.807, 2.05) is 20.8 Å². The molecule has 18 heavy (non-hydrogen) atoms. The molecule has 0 saturated carbocycles. The first-order valence-electron chi connectivity index (χ1n) is 6.19. The first-order chi connectivity index (χ1) is 8.40. The molecule has 100 valence electrons. The van der Waals surface area contributed by atoms with Gasteiger partial charge in [-0.15, -0.1) is 0 Å². The lowest BCUT2D eigenvalue weighted by Gasteiger charge is -2.16. The van der Waals surface area contributed by atoms with Crippen molar-refractivity contribution in [2.24, 2.45) is 0 Å². The highest BCUT2D eigenvalue weighted by Gasteiger charge is 2.12. The van der Waals surface area contributed by atoms with Crippen LogP contribution in [0.25, 0.3) is 0 Å². The maximum atomic E-state index is 11.7. The molecule has 1 rings (SSSR count). The fourth-order valence-corrected chi connectivity index (χ4v) is 1.95. The molecule has 0 bridgehead atoms. The van der Waals surface area contributed by atoms with Crippen LogP contribution in [0.2, 0.25) is 0 Å². The van der Waals surface area contributed by atoms with Crippen molar-refractivity contribution in [2.75, 3.05) is 0 Å². The van der Waals surface area contributed by atoms with Gasteiger partial charge < -0.3 is 10.6 Å². The first kappa shape index (κ1) is 15.2. The third-order valence-electron chi connectivity index (χ3n) is 2.67. The van der Waals surface area contributed by atoms with Gasteiger partial charge in [0.15, 0.2) is 0 Å². The van der Waals surface area contributed by atoms with Gasteiger partial charge >= 0.3 is 0 Å². The Morgan fingerprint density at radius 2 is 2.00 bits per heavy atom. The van der Waals surface area contributed by atoms with Gasteiger partial charge in [0.05, 0.1) is 6.04 Å². The van der Waals surface area contributed by atoms with Crippen LogP contribution in [0.15, 0.2) is 22.7 Å². The van der Waals surface area contributed by atoms with Crippen molar-refractivity contribution in [3.63, 3.8) is 0 Å². The topological polar surface area (TPSA) is 41.1 Å². The van der Waals surface area contributed by atoms with Crippen LogP contribution in [-0.4, -0.2) is 18.0 Å². The molecule has 0 aromatic heterocycles. The van der Waals surface area contributed by atoms with Crippen LogP contribution in [0.3, 0.4) is 0 Å². The van der Waals surface area contributed by atoms with Crippen LogP contribution in [-0.2, 0) is 11.3 Å². The van der Waals surface area contributed by atoms with Crippen molar-refractivity contribution in [3.05, 3.63) is 33.8 Å². The van der Waals surface area contributed by atoms with Crippen LogP contribution in [0, 0.1) is 6.92 Å². The van der Waals surface area contributed by atoms with Gasteiger partial charge in [0.2, 0.25) is 5.91 Å². The Hall–Kier alpha value is -0.870. The van der Waals surface area contributed by atoms with Crippen molar-refractivity contribution in [3.8, 4) is 0 Å². The molecule has 1 atom stereocenters. The van der Waals surface area contributed by atoms with Gasteiger partial charge in [0.1, 0.15) is 0 Å². The molecule has 1 aromatic carbocycles. The van der Waals surface area contributed by atoms with E-state index < -0.39 is 0 Å². The second-order valence-corrected chi connectivity index (χ2v) is 5.70. The van der Waals surface area contributed by atoms with Gasteiger partial charge in [-0.3, -0.25) is 4.79 Å². The third kappa shape index (κ3) is 4.78. The lowest BCUT2D eigenvalue weighted by molar-refractivity contribution is -0.123. The maximum Gasteiger partial charge on any atom is 0.237 e. The van der Waals surface area contributed by atoms with E-state index in [0.717, 1.165) is 10.0 Å². The zero-order chi connectivity index (χ0) is 13.7. The lowest BCUT2D eigenvalue weighted by Crippen LogP contribution is -2.44. The Kier molecular flexibility index (Phi) is 5.82. The zero-order valence-electron chi connectivity index (χ0n) is 11.4. The summed E-state index contributed by atoms with van der Waals surface area (Å²) >= 11 is 3.51. The molecular weight excluding hydrogens is 292 g/mol. The number of carbonyl (C=O) groups is 1. The molecule has 0 aliphatic heterocycles.